The van der Waals surface area contributed by atoms with Crippen LogP contribution < -0.4 is 10.6 Å². The molecule has 1 unspecified atom stereocenters. The Balaban J connectivity index is 2.44. The zero-order valence-corrected chi connectivity index (χ0v) is 12.9. The molecule has 21 heavy (non-hydrogen) atoms. The number of hydrogen-bond donors (Lipinski definition) is 1. The summed E-state index contributed by atoms with van der Waals surface area (Å²) in [5.41, 5.74) is 9.84. The molecule has 0 aliphatic heterocycles. The summed E-state index contributed by atoms with van der Waals surface area (Å²) in [6.45, 7) is 4.08. The third kappa shape index (κ3) is 3.42. The molecule has 2 N–H and O–H groups in total. The monoisotopic (exact) mass is 286 g/mol. The van der Waals surface area contributed by atoms with Gasteiger partial charge in [-0.15, -0.1) is 0 Å². The van der Waals surface area contributed by atoms with Gasteiger partial charge in [0, 0.05) is 30.0 Å². The van der Waals surface area contributed by atoms with E-state index in [-0.39, 0.29) is 11.9 Å². The molecule has 2 nitrogen and oxygen atoms in total. The third-order valence-corrected chi connectivity index (χ3v) is 3.92. The number of rotatable bonds is 5. The van der Waals surface area contributed by atoms with E-state index in [2.05, 4.69) is 13.0 Å². The normalized spacial score (nSPS) is 12.2. The molecule has 0 aliphatic rings. The van der Waals surface area contributed by atoms with Crippen LogP contribution in [0.5, 0.6) is 0 Å². The van der Waals surface area contributed by atoms with Gasteiger partial charge in [-0.2, -0.15) is 0 Å². The van der Waals surface area contributed by atoms with Gasteiger partial charge in [0.15, 0.2) is 0 Å². The van der Waals surface area contributed by atoms with Gasteiger partial charge in [-0.25, -0.2) is 4.39 Å². The predicted octanol–water partition coefficient (Wildman–Crippen LogP) is 4.18. The Kier molecular flexibility index (Phi) is 4.97. The van der Waals surface area contributed by atoms with Crippen molar-refractivity contribution in [3.05, 3.63) is 59.4 Å². The molecular weight excluding hydrogens is 263 g/mol. The summed E-state index contributed by atoms with van der Waals surface area (Å²) in [7, 11) is 1.97. The molecule has 0 radical (unpaired) electrons. The average Bonchev–Trinajstić information content (AvgIpc) is 2.49. The van der Waals surface area contributed by atoms with E-state index in [4.69, 9.17) is 5.73 Å². The lowest BCUT2D eigenvalue weighted by Gasteiger charge is -2.25. The van der Waals surface area contributed by atoms with E-state index in [0.29, 0.717) is 12.0 Å². The summed E-state index contributed by atoms with van der Waals surface area (Å²) in [4.78, 5) is 2.04. The zero-order valence-electron chi connectivity index (χ0n) is 12.9. The fourth-order valence-electron chi connectivity index (χ4n) is 2.54. The number of para-hydroxylation sites is 1. The molecule has 0 fully saturated rings. The van der Waals surface area contributed by atoms with E-state index in [0.717, 1.165) is 23.4 Å². The van der Waals surface area contributed by atoms with Gasteiger partial charge in [0.05, 0.1) is 0 Å². The van der Waals surface area contributed by atoms with Crippen molar-refractivity contribution in [2.45, 2.75) is 32.7 Å². The van der Waals surface area contributed by atoms with Gasteiger partial charge >= 0.3 is 0 Å². The maximum absolute atomic E-state index is 14.2. The summed E-state index contributed by atoms with van der Waals surface area (Å²) in [6, 6.07) is 13.3. The first-order chi connectivity index (χ1) is 10.0. The Bertz CT molecular complexity index is 610. The molecule has 0 spiro atoms. The standard InChI is InChI=1S/C18H23FN2/c1-4-14(20)12-15-16(19)9-7-11-18(15)21(3)17-10-6-5-8-13(17)2/h5-11,14H,4,12,20H2,1-3H3. The zero-order chi connectivity index (χ0) is 15.4. The van der Waals surface area contributed by atoms with Crippen molar-refractivity contribution < 1.29 is 4.39 Å². The van der Waals surface area contributed by atoms with Crippen molar-refractivity contribution in [3.8, 4) is 0 Å². The van der Waals surface area contributed by atoms with Crippen molar-refractivity contribution in [1.29, 1.82) is 0 Å². The molecule has 2 aromatic rings. The topological polar surface area (TPSA) is 29.3 Å². The molecule has 0 aliphatic carbocycles. The number of nitrogens with two attached hydrogens (primary N) is 1. The Labute approximate surface area is 126 Å². The highest BCUT2D eigenvalue weighted by Gasteiger charge is 2.16. The maximum Gasteiger partial charge on any atom is 0.128 e. The first-order valence-electron chi connectivity index (χ1n) is 7.37. The Morgan fingerprint density at radius 3 is 2.43 bits per heavy atom. The lowest BCUT2D eigenvalue weighted by atomic mass is 10.0. The fraction of sp³-hybridized carbons (Fsp3) is 0.333. The van der Waals surface area contributed by atoms with Crippen LogP contribution in [-0.4, -0.2) is 13.1 Å². The second-order valence-electron chi connectivity index (χ2n) is 5.46. The van der Waals surface area contributed by atoms with Crippen molar-refractivity contribution in [2.24, 2.45) is 5.73 Å². The predicted molar refractivity (Wildman–Crippen MR) is 87.6 cm³/mol. The Morgan fingerprint density at radius 2 is 1.76 bits per heavy atom. The largest absolute Gasteiger partial charge is 0.344 e. The number of aryl methyl sites for hydroxylation is 1. The van der Waals surface area contributed by atoms with Crippen LogP contribution in [0.3, 0.4) is 0 Å². The molecule has 0 saturated carbocycles. The van der Waals surface area contributed by atoms with Crippen LogP contribution in [0.4, 0.5) is 15.8 Å². The van der Waals surface area contributed by atoms with Gasteiger partial charge in [-0.05, 0) is 43.5 Å². The molecule has 1 atom stereocenters. The average molecular weight is 286 g/mol. The van der Waals surface area contributed by atoms with Gasteiger partial charge in [0.2, 0.25) is 0 Å². The summed E-state index contributed by atoms with van der Waals surface area (Å²) < 4.78 is 14.2. The molecule has 0 heterocycles. The molecular formula is C18H23FN2. The second-order valence-corrected chi connectivity index (χ2v) is 5.46. The number of halogens is 1. The first kappa shape index (κ1) is 15.5. The van der Waals surface area contributed by atoms with Gasteiger partial charge in [0.1, 0.15) is 5.82 Å². The van der Waals surface area contributed by atoms with Crippen molar-refractivity contribution >= 4 is 11.4 Å². The number of benzene rings is 2. The highest BCUT2D eigenvalue weighted by Crippen LogP contribution is 2.31. The SMILES string of the molecule is CCC(N)Cc1c(F)cccc1N(C)c1ccccc1C. The number of nitrogens with zero attached hydrogens (tertiary/aromatic N) is 1. The molecule has 2 rings (SSSR count). The van der Waals surface area contributed by atoms with Crippen molar-refractivity contribution in [2.75, 3.05) is 11.9 Å². The van der Waals surface area contributed by atoms with Crippen LogP contribution in [0, 0.1) is 12.7 Å². The maximum atomic E-state index is 14.2. The first-order valence-corrected chi connectivity index (χ1v) is 7.37. The van der Waals surface area contributed by atoms with Crippen LogP contribution in [-0.2, 0) is 6.42 Å². The van der Waals surface area contributed by atoms with Crippen molar-refractivity contribution in [1.82, 2.24) is 0 Å². The fourth-order valence-corrected chi connectivity index (χ4v) is 2.54. The minimum absolute atomic E-state index is 0.0223. The summed E-state index contributed by atoms with van der Waals surface area (Å²) in [5, 5.41) is 0. The molecule has 0 amide bonds. The molecule has 0 saturated heterocycles. The van der Waals surface area contributed by atoms with Crippen LogP contribution in [0.25, 0.3) is 0 Å². The minimum atomic E-state index is -0.183. The van der Waals surface area contributed by atoms with Crippen LogP contribution in [0.15, 0.2) is 42.5 Å². The van der Waals surface area contributed by atoms with Crippen LogP contribution in [0.2, 0.25) is 0 Å². The molecule has 3 heteroatoms. The van der Waals surface area contributed by atoms with E-state index < -0.39 is 0 Å². The summed E-state index contributed by atoms with van der Waals surface area (Å²) in [5.74, 6) is -0.183. The van der Waals surface area contributed by atoms with Gasteiger partial charge < -0.3 is 10.6 Å². The van der Waals surface area contributed by atoms with E-state index in [1.165, 1.54) is 6.07 Å². The highest BCUT2D eigenvalue weighted by atomic mass is 19.1. The number of hydrogen-bond acceptors (Lipinski definition) is 2. The Hall–Kier alpha value is -1.87. The van der Waals surface area contributed by atoms with Crippen molar-refractivity contribution in [3.63, 3.8) is 0 Å². The Morgan fingerprint density at radius 1 is 1.10 bits per heavy atom. The van der Waals surface area contributed by atoms with E-state index >= 15 is 0 Å². The second kappa shape index (κ2) is 6.72. The molecule has 2 aromatic carbocycles. The lowest BCUT2D eigenvalue weighted by Crippen LogP contribution is -2.24. The third-order valence-electron chi connectivity index (χ3n) is 3.92. The lowest BCUT2D eigenvalue weighted by molar-refractivity contribution is 0.579. The van der Waals surface area contributed by atoms with E-state index in [1.54, 1.807) is 6.07 Å². The van der Waals surface area contributed by atoms with Gasteiger partial charge in [-0.3, -0.25) is 0 Å². The molecule has 112 valence electrons. The summed E-state index contributed by atoms with van der Waals surface area (Å²) in [6.07, 6.45) is 1.39. The summed E-state index contributed by atoms with van der Waals surface area (Å²) >= 11 is 0. The van der Waals surface area contributed by atoms with Crippen LogP contribution in [0.1, 0.15) is 24.5 Å². The van der Waals surface area contributed by atoms with Crippen LogP contribution >= 0.6 is 0 Å². The molecule has 0 bridgehead atoms. The quantitative estimate of drug-likeness (QED) is 0.893. The number of anilines is 2. The minimum Gasteiger partial charge on any atom is -0.344 e. The smallest absolute Gasteiger partial charge is 0.128 e. The highest BCUT2D eigenvalue weighted by molar-refractivity contribution is 5.68. The van der Waals surface area contributed by atoms with E-state index in [1.807, 2.05) is 43.1 Å². The van der Waals surface area contributed by atoms with Gasteiger partial charge in [0.25, 0.3) is 0 Å². The molecule has 0 aromatic heterocycles. The van der Waals surface area contributed by atoms with E-state index in [9.17, 15) is 4.39 Å². The van der Waals surface area contributed by atoms with Gasteiger partial charge in [-0.1, -0.05) is 31.2 Å².